The normalized spacial score (nSPS) is 17.4. The number of thioether (sulfide) groups is 1. The third-order valence-electron chi connectivity index (χ3n) is 4.19. The quantitative estimate of drug-likeness (QED) is 0.622. The molecule has 0 aromatic heterocycles. The van der Waals surface area contributed by atoms with E-state index in [2.05, 4.69) is 17.6 Å². The second kappa shape index (κ2) is 8.85. The highest BCUT2D eigenvalue weighted by Gasteiger charge is 2.12. The summed E-state index contributed by atoms with van der Waals surface area (Å²) in [6, 6.07) is 8.49. The maximum Gasteiger partial charge on any atom is 0.161 e. The van der Waals surface area contributed by atoms with E-state index in [4.69, 9.17) is 10.3 Å². The second-order valence-electron chi connectivity index (χ2n) is 5.92. The molecule has 0 spiro atoms. The van der Waals surface area contributed by atoms with Gasteiger partial charge in [0, 0.05) is 6.04 Å². The molecule has 0 aliphatic heterocycles. The maximum atomic E-state index is 9.00. The van der Waals surface area contributed by atoms with Crippen molar-refractivity contribution in [3.8, 4) is 6.07 Å². The van der Waals surface area contributed by atoms with Crippen molar-refractivity contribution in [1.82, 2.24) is 5.32 Å². The molecule has 2 rings (SSSR count). The molecule has 0 saturated heterocycles. The van der Waals surface area contributed by atoms with Gasteiger partial charge in [-0.3, -0.25) is 0 Å². The van der Waals surface area contributed by atoms with Crippen LogP contribution >= 0.6 is 11.8 Å². The fourth-order valence-corrected chi connectivity index (χ4v) is 3.35. The monoisotopic (exact) mass is 315 g/mol. The number of nitriles is 1. The summed E-state index contributed by atoms with van der Waals surface area (Å²) in [6.07, 6.45) is 11.3. The van der Waals surface area contributed by atoms with E-state index in [1.54, 1.807) is 11.8 Å². The first-order valence-electron chi connectivity index (χ1n) is 8.13. The lowest BCUT2D eigenvalue weighted by molar-refractivity contribution is 0.430. The summed E-state index contributed by atoms with van der Waals surface area (Å²) in [4.78, 5) is 4.72. The van der Waals surface area contributed by atoms with Crippen LogP contribution in [-0.2, 0) is 0 Å². The molecule has 0 amide bonds. The molecule has 1 aliphatic rings. The first-order chi connectivity index (χ1) is 10.7. The van der Waals surface area contributed by atoms with Crippen molar-refractivity contribution in [1.29, 1.82) is 5.26 Å². The Morgan fingerprint density at radius 1 is 1.23 bits per heavy atom. The Hall–Kier alpha value is -1.47. The van der Waals surface area contributed by atoms with Crippen LogP contribution in [0.1, 0.15) is 56.1 Å². The van der Waals surface area contributed by atoms with Crippen LogP contribution in [0.25, 0.3) is 0 Å². The van der Waals surface area contributed by atoms with Crippen LogP contribution in [0.3, 0.4) is 0 Å². The molecule has 1 saturated carbocycles. The lowest BCUT2D eigenvalue weighted by Crippen LogP contribution is -2.33. The molecule has 4 heteroatoms. The fourth-order valence-electron chi connectivity index (χ4n) is 2.87. The summed E-state index contributed by atoms with van der Waals surface area (Å²) in [7, 11) is 0. The molecule has 0 heterocycles. The average Bonchev–Trinajstić information content (AvgIpc) is 2.49. The van der Waals surface area contributed by atoms with E-state index in [1.165, 1.54) is 44.9 Å². The van der Waals surface area contributed by atoms with E-state index < -0.39 is 0 Å². The molecule has 3 nitrogen and oxygen atoms in total. The van der Waals surface area contributed by atoms with Gasteiger partial charge in [-0.15, -0.1) is 0 Å². The number of aryl methyl sites for hydroxylation is 1. The SMILES string of the molecule is CS/C(=N\c1ccc(C#N)c(C)c1)NC1CCCCCCC1. The number of amidine groups is 1. The Kier molecular flexibility index (Phi) is 6.79. The minimum Gasteiger partial charge on any atom is -0.362 e. The first kappa shape index (κ1) is 16.9. The van der Waals surface area contributed by atoms with Crippen molar-refractivity contribution < 1.29 is 0 Å². The van der Waals surface area contributed by atoms with E-state index in [-0.39, 0.29) is 0 Å². The van der Waals surface area contributed by atoms with Crippen LogP contribution in [0.5, 0.6) is 0 Å². The average molecular weight is 315 g/mol. The van der Waals surface area contributed by atoms with Crippen LogP contribution in [0, 0.1) is 18.3 Å². The summed E-state index contributed by atoms with van der Waals surface area (Å²) in [5.41, 5.74) is 2.62. The predicted molar refractivity (Wildman–Crippen MR) is 95.7 cm³/mol. The zero-order valence-electron chi connectivity index (χ0n) is 13.6. The van der Waals surface area contributed by atoms with Gasteiger partial charge in [0.05, 0.1) is 17.3 Å². The number of benzene rings is 1. The van der Waals surface area contributed by atoms with Crippen LogP contribution in [-0.4, -0.2) is 17.5 Å². The molecule has 118 valence electrons. The third-order valence-corrected chi connectivity index (χ3v) is 4.78. The highest BCUT2D eigenvalue weighted by molar-refractivity contribution is 8.13. The van der Waals surface area contributed by atoms with Gasteiger partial charge in [-0.1, -0.05) is 43.9 Å². The topological polar surface area (TPSA) is 48.2 Å². The number of hydrogen-bond acceptors (Lipinski definition) is 3. The van der Waals surface area contributed by atoms with Gasteiger partial charge in [-0.25, -0.2) is 4.99 Å². The molecule has 0 atom stereocenters. The van der Waals surface area contributed by atoms with Crippen LogP contribution in [0.4, 0.5) is 5.69 Å². The van der Waals surface area contributed by atoms with E-state index in [0.29, 0.717) is 6.04 Å². The van der Waals surface area contributed by atoms with E-state index in [9.17, 15) is 0 Å². The molecule has 0 unspecified atom stereocenters. The third kappa shape index (κ3) is 5.06. The minimum absolute atomic E-state index is 0.547. The van der Waals surface area contributed by atoms with Crippen molar-refractivity contribution in [2.24, 2.45) is 4.99 Å². The molecule has 0 radical (unpaired) electrons. The molecular weight excluding hydrogens is 290 g/mol. The number of hydrogen-bond donors (Lipinski definition) is 1. The Morgan fingerprint density at radius 2 is 1.91 bits per heavy atom. The molecule has 1 aromatic carbocycles. The van der Waals surface area contributed by atoms with Crippen molar-refractivity contribution >= 4 is 22.6 Å². The summed E-state index contributed by atoms with van der Waals surface area (Å²) < 4.78 is 0. The van der Waals surface area contributed by atoms with Gasteiger partial charge in [0.15, 0.2) is 5.17 Å². The number of nitrogens with zero attached hydrogens (tertiary/aromatic N) is 2. The number of nitrogens with one attached hydrogen (secondary N) is 1. The predicted octanol–water partition coefficient (Wildman–Crippen LogP) is 4.92. The van der Waals surface area contributed by atoms with E-state index in [0.717, 1.165) is 22.0 Å². The molecule has 22 heavy (non-hydrogen) atoms. The molecule has 1 fully saturated rings. The molecule has 1 N–H and O–H groups in total. The highest BCUT2D eigenvalue weighted by Crippen LogP contribution is 2.21. The summed E-state index contributed by atoms with van der Waals surface area (Å²) >= 11 is 1.66. The molecule has 1 aliphatic carbocycles. The van der Waals surface area contributed by atoms with Crippen molar-refractivity contribution in [2.45, 2.75) is 57.9 Å². The van der Waals surface area contributed by atoms with Crippen molar-refractivity contribution in [3.05, 3.63) is 29.3 Å². The Labute approximate surface area is 138 Å². The maximum absolute atomic E-state index is 9.00. The van der Waals surface area contributed by atoms with Gasteiger partial charge < -0.3 is 5.32 Å². The van der Waals surface area contributed by atoms with E-state index in [1.807, 2.05) is 25.1 Å². The zero-order valence-corrected chi connectivity index (χ0v) is 14.4. The number of rotatable bonds is 2. The van der Waals surface area contributed by atoms with Crippen LogP contribution in [0.15, 0.2) is 23.2 Å². The van der Waals surface area contributed by atoms with Crippen LogP contribution in [0.2, 0.25) is 0 Å². The molecular formula is C18H25N3S. The minimum atomic E-state index is 0.547. The van der Waals surface area contributed by atoms with Crippen molar-refractivity contribution in [2.75, 3.05) is 6.26 Å². The van der Waals surface area contributed by atoms with Gasteiger partial charge >= 0.3 is 0 Å². The Morgan fingerprint density at radius 3 is 2.50 bits per heavy atom. The zero-order chi connectivity index (χ0) is 15.8. The van der Waals surface area contributed by atoms with E-state index >= 15 is 0 Å². The Balaban J connectivity index is 2.06. The standard InChI is InChI=1S/C18H25N3S/c1-14-12-17(11-10-15(14)13-19)21-18(22-2)20-16-8-6-4-3-5-7-9-16/h10-12,16H,3-9H2,1-2H3,(H,20,21). The summed E-state index contributed by atoms with van der Waals surface area (Å²) in [5.74, 6) is 0. The lowest BCUT2D eigenvalue weighted by atomic mass is 9.97. The second-order valence-corrected chi connectivity index (χ2v) is 6.71. The lowest BCUT2D eigenvalue weighted by Gasteiger charge is -2.22. The van der Waals surface area contributed by atoms with Gasteiger partial charge in [-0.2, -0.15) is 5.26 Å². The fraction of sp³-hybridized carbons (Fsp3) is 0.556. The molecule has 0 bridgehead atoms. The Bertz CT molecular complexity index is 552. The summed E-state index contributed by atoms with van der Waals surface area (Å²) in [5, 5.41) is 13.6. The highest BCUT2D eigenvalue weighted by atomic mass is 32.2. The number of aliphatic imine (C=N–C) groups is 1. The van der Waals surface area contributed by atoms with Crippen molar-refractivity contribution in [3.63, 3.8) is 0 Å². The smallest absolute Gasteiger partial charge is 0.161 e. The molecule has 1 aromatic rings. The van der Waals surface area contributed by atoms with Gasteiger partial charge in [0.25, 0.3) is 0 Å². The largest absolute Gasteiger partial charge is 0.362 e. The first-order valence-corrected chi connectivity index (χ1v) is 9.35. The summed E-state index contributed by atoms with van der Waals surface area (Å²) in [6.45, 7) is 1.96. The van der Waals surface area contributed by atoms with Gasteiger partial charge in [0.1, 0.15) is 0 Å². The van der Waals surface area contributed by atoms with Gasteiger partial charge in [-0.05, 0) is 49.8 Å². The van der Waals surface area contributed by atoms with Crippen LogP contribution < -0.4 is 5.32 Å². The van der Waals surface area contributed by atoms with Gasteiger partial charge in [0.2, 0.25) is 0 Å².